The Bertz CT molecular complexity index is 1540. The molecule has 0 saturated carbocycles. The van der Waals surface area contributed by atoms with E-state index in [1.165, 1.54) is 18.2 Å². The van der Waals surface area contributed by atoms with Crippen molar-refractivity contribution in [3.8, 4) is 23.3 Å². The molecule has 0 aliphatic heterocycles. The second-order valence-corrected chi connectivity index (χ2v) is 10.3. The van der Waals surface area contributed by atoms with Crippen LogP contribution in [-0.2, 0) is 4.79 Å². The number of hydrogen-bond acceptors (Lipinski definition) is 8. The molecule has 0 aliphatic rings. The molecule has 0 radical (unpaired) electrons. The highest BCUT2D eigenvalue weighted by atomic mass is 79.9. The SMILES string of the molecule is CCOc1cc(/C=C(\C#N)C(=O)Nc2c(Br)cc(C)cc2Br)cc(Br)c1Oc1ccc([N+](=O)[O-])cc1[N+](=O)[O-]. The van der Waals surface area contributed by atoms with Gasteiger partial charge in [-0.15, -0.1) is 0 Å². The molecule has 0 aromatic heterocycles. The standard InChI is InChI=1S/C25H17Br3N4O7/c1-3-38-22-10-14(8-15(12-29)25(33)30-23-17(26)6-13(2)7-18(23)27)9-19(28)24(22)39-21-5-4-16(31(34)35)11-20(21)32(36)37/h4-11H,3H2,1-2H3,(H,30,33)/b15-8+. The summed E-state index contributed by atoms with van der Waals surface area (Å²) >= 11 is 10.1. The molecule has 0 aliphatic carbocycles. The first kappa shape index (κ1) is 29.8. The van der Waals surface area contributed by atoms with Gasteiger partial charge in [0.2, 0.25) is 5.75 Å². The Balaban J connectivity index is 2.00. The number of nitro groups is 2. The van der Waals surface area contributed by atoms with Crippen LogP contribution in [0, 0.1) is 38.5 Å². The van der Waals surface area contributed by atoms with Gasteiger partial charge in [-0.1, -0.05) is 0 Å². The molecular formula is C25H17Br3N4O7. The van der Waals surface area contributed by atoms with Gasteiger partial charge < -0.3 is 14.8 Å². The maximum absolute atomic E-state index is 12.9. The van der Waals surface area contributed by atoms with Crippen molar-refractivity contribution in [1.82, 2.24) is 0 Å². The van der Waals surface area contributed by atoms with Crippen LogP contribution in [0.5, 0.6) is 17.2 Å². The summed E-state index contributed by atoms with van der Waals surface area (Å²) in [6, 6.07) is 11.5. The van der Waals surface area contributed by atoms with Gasteiger partial charge in [-0.2, -0.15) is 5.26 Å². The summed E-state index contributed by atoms with van der Waals surface area (Å²) in [6.07, 6.45) is 1.34. The minimum atomic E-state index is -0.795. The molecule has 11 nitrogen and oxygen atoms in total. The highest BCUT2D eigenvalue weighted by molar-refractivity contribution is 9.11. The van der Waals surface area contributed by atoms with Crippen LogP contribution < -0.4 is 14.8 Å². The molecule has 0 heterocycles. The second-order valence-electron chi connectivity index (χ2n) is 7.76. The molecule has 3 rings (SSSR count). The van der Waals surface area contributed by atoms with Crippen LogP contribution in [-0.4, -0.2) is 22.4 Å². The van der Waals surface area contributed by atoms with Crippen molar-refractivity contribution in [1.29, 1.82) is 5.26 Å². The van der Waals surface area contributed by atoms with Crippen molar-refractivity contribution in [2.45, 2.75) is 13.8 Å². The number of rotatable bonds is 9. The summed E-state index contributed by atoms with van der Waals surface area (Å²) in [7, 11) is 0. The molecular weight excluding hydrogens is 708 g/mol. The van der Waals surface area contributed by atoms with Crippen LogP contribution in [0.1, 0.15) is 18.1 Å². The van der Waals surface area contributed by atoms with Crippen molar-refractivity contribution in [2.24, 2.45) is 0 Å². The van der Waals surface area contributed by atoms with Gasteiger partial charge >= 0.3 is 5.69 Å². The van der Waals surface area contributed by atoms with Crippen LogP contribution >= 0.6 is 47.8 Å². The Morgan fingerprint density at radius 2 is 1.69 bits per heavy atom. The lowest BCUT2D eigenvalue weighted by Gasteiger charge is -2.15. The molecule has 0 saturated heterocycles. The lowest BCUT2D eigenvalue weighted by Crippen LogP contribution is -2.14. The monoisotopic (exact) mass is 722 g/mol. The van der Waals surface area contributed by atoms with E-state index >= 15 is 0 Å². The van der Waals surface area contributed by atoms with Gasteiger partial charge in [-0.25, -0.2) is 0 Å². The summed E-state index contributed by atoms with van der Waals surface area (Å²) in [5.74, 6) is -0.700. The van der Waals surface area contributed by atoms with Gasteiger partial charge in [0.1, 0.15) is 11.6 Å². The summed E-state index contributed by atoms with van der Waals surface area (Å²) in [5, 5.41) is 34.9. The van der Waals surface area contributed by atoms with Crippen molar-refractivity contribution in [3.05, 3.63) is 92.8 Å². The van der Waals surface area contributed by atoms with E-state index in [0.717, 1.165) is 23.8 Å². The largest absolute Gasteiger partial charge is 0.490 e. The third-order valence-corrected chi connectivity index (χ3v) is 6.83. The summed E-state index contributed by atoms with van der Waals surface area (Å²) in [6.45, 7) is 3.79. The van der Waals surface area contributed by atoms with Crippen LogP contribution in [0.4, 0.5) is 17.1 Å². The number of halogens is 3. The van der Waals surface area contributed by atoms with Crippen molar-refractivity contribution in [2.75, 3.05) is 11.9 Å². The first-order chi connectivity index (χ1) is 18.4. The number of hydrogen-bond donors (Lipinski definition) is 1. The molecule has 0 bridgehead atoms. The minimum Gasteiger partial charge on any atom is -0.490 e. The van der Waals surface area contributed by atoms with Crippen LogP contribution in [0.2, 0.25) is 0 Å². The number of ether oxygens (including phenoxy) is 2. The van der Waals surface area contributed by atoms with E-state index in [4.69, 9.17) is 9.47 Å². The third kappa shape index (κ3) is 7.20. The van der Waals surface area contributed by atoms with Gasteiger partial charge in [0.05, 0.1) is 32.7 Å². The number of nitriles is 1. The maximum atomic E-state index is 12.9. The zero-order chi connectivity index (χ0) is 28.9. The Kier molecular flexibility index (Phi) is 9.79. The average molecular weight is 725 g/mol. The van der Waals surface area contributed by atoms with E-state index in [1.54, 1.807) is 6.92 Å². The molecule has 14 heteroatoms. The molecule has 200 valence electrons. The number of amides is 1. The highest BCUT2D eigenvalue weighted by Gasteiger charge is 2.24. The van der Waals surface area contributed by atoms with Crippen LogP contribution in [0.15, 0.2) is 61.5 Å². The Morgan fingerprint density at radius 3 is 2.26 bits per heavy atom. The predicted molar refractivity (Wildman–Crippen MR) is 154 cm³/mol. The van der Waals surface area contributed by atoms with Gasteiger partial charge in [0.25, 0.3) is 11.6 Å². The molecule has 0 spiro atoms. The van der Waals surface area contributed by atoms with Crippen molar-refractivity contribution >= 4 is 76.8 Å². The van der Waals surface area contributed by atoms with Gasteiger partial charge in [0.15, 0.2) is 11.5 Å². The fourth-order valence-electron chi connectivity index (χ4n) is 3.31. The zero-order valence-corrected chi connectivity index (χ0v) is 24.9. The number of anilines is 1. The molecule has 0 atom stereocenters. The van der Waals surface area contributed by atoms with E-state index in [0.29, 0.717) is 20.2 Å². The van der Waals surface area contributed by atoms with Crippen molar-refractivity contribution < 1.29 is 24.1 Å². The maximum Gasteiger partial charge on any atom is 0.318 e. The average Bonchev–Trinajstić information content (AvgIpc) is 2.86. The Labute approximate surface area is 247 Å². The van der Waals surface area contributed by atoms with E-state index in [-0.39, 0.29) is 33.9 Å². The van der Waals surface area contributed by atoms with Crippen molar-refractivity contribution in [3.63, 3.8) is 0 Å². The summed E-state index contributed by atoms with van der Waals surface area (Å²) in [5.41, 5.74) is 0.520. The molecule has 0 unspecified atom stereocenters. The number of nitro benzene ring substituents is 2. The Morgan fingerprint density at radius 1 is 1.03 bits per heavy atom. The molecule has 39 heavy (non-hydrogen) atoms. The number of nitrogens with one attached hydrogen (secondary N) is 1. The lowest BCUT2D eigenvalue weighted by molar-refractivity contribution is -0.394. The van der Waals surface area contributed by atoms with Gasteiger partial charge in [-0.05, 0) is 109 Å². The predicted octanol–water partition coefficient (Wildman–Crippen LogP) is 7.84. The molecule has 0 fully saturated rings. The number of non-ortho nitro benzene ring substituents is 1. The van der Waals surface area contributed by atoms with E-state index in [9.17, 15) is 30.3 Å². The number of carbonyl (C=O) groups excluding carboxylic acids is 1. The number of aryl methyl sites for hydroxylation is 1. The van der Waals surface area contributed by atoms with E-state index < -0.39 is 27.1 Å². The fourth-order valence-corrected chi connectivity index (χ4v) is 5.46. The smallest absolute Gasteiger partial charge is 0.318 e. The third-order valence-electron chi connectivity index (χ3n) is 4.99. The van der Waals surface area contributed by atoms with Gasteiger partial charge in [0, 0.05) is 15.0 Å². The minimum absolute atomic E-state index is 0.0569. The molecule has 1 amide bonds. The molecule has 3 aromatic rings. The second kappa shape index (κ2) is 12.8. The highest BCUT2D eigenvalue weighted by Crippen LogP contribution is 2.43. The normalized spacial score (nSPS) is 10.9. The first-order valence-corrected chi connectivity index (χ1v) is 13.3. The first-order valence-electron chi connectivity index (χ1n) is 10.9. The summed E-state index contributed by atoms with van der Waals surface area (Å²) in [4.78, 5) is 33.9. The Hall–Kier alpha value is -3.80. The number of nitrogens with zero attached hydrogens (tertiary/aromatic N) is 3. The van der Waals surface area contributed by atoms with Gasteiger partial charge in [-0.3, -0.25) is 25.0 Å². The number of carbonyl (C=O) groups is 1. The lowest BCUT2D eigenvalue weighted by atomic mass is 10.1. The van der Waals surface area contributed by atoms with Crippen LogP contribution in [0.25, 0.3) is 6.08 Å². The van der Waals surface area contributed by atoms with E-state index in [1.807, 2.05) is 25.1 Å². The molecule has 3 aromatic carbocycles. The van der Waals surface area contributed by atoms with E-state index in [2.05, 4.69) is 53.1 Å². The van der Waals surface area contributed by atoms with Crippen LogP contribution in [0.3, 0.4) is 0 Å². The molecule has 1 N–H and O–H groups in total. The topological polar surface area (TPSA) is 158 Å². The summed E-state index contributed by atoms with van der Waals surface area (Å²) < 4.78 is 12.9. The zero-order valence-electron chi connectivity index (χ0n) is 20.2. The quantitative estimate of drug-likeness (QED) is 0.101. The number of benzene rings is 3. The fraction of sp³-hybridized carbons (Fsp3) is 0.120.